The van der Waals surface area contributed by atoms with Crippen molar-refractivity contribution in [1.29, 1.82) is 0 Å². The molecule has 0 radical (unpaired) electrons. The fourth-order valence-corrected chi connectivity index (χ4v) is 2.19. The largest absolute Gasteiger partial charge is 0.365 e. The van der Waals surface area contributed by atoms with Crippen molar-refractivity contribution < 1.29 is 4.79 Å². The van der Waals surface area contributed by atoms with Gasteiger partial charge in [0.1, 0.15) is 11.4 Å². The molecule has 0 aliphatic carbocycles. The predicted molar refractivity (Wildman–Crippen MR) is 91.9 cm³/mol. The topological polar surface area (TPSA) is 119 Å². The second kappa shape index (κ2) is 7.06. The SMILES string of the molecule is Cc1cc(C)cc(Nc2nc(N[C@H](C)CN)ncc2C(N)=O)c1. The molecule has 0 spiro atoms. The highest BCUT2D eigenvalue weighted by Gasteiger charge is 2.13. The number of primary amides is 1. The van der Waals surface area contributed by atoms with Crippen molar-refractivity contribution in [2.24, 2.45) is 11.5 Å². The molecule has 1 atom stereocenters. The summed E-state index contributed by atoms with van der Waals surface area (Å²) in [5.74, 6) is 0.166. The first-order valence-electron chi connectivity index (χ1n) is 7.38. The Morgan fingerprint density at radius 3 is 2.48 bits per heavy atom. The van der Waals surface area contributed by atoms with Gasteiger partial charge in [0.15, 0.2) is 0 Å². The lowest BCUT2D eigenvalue weighted by Crippen LogP contribution is -2.26. The highest BCUT2D eigenvalue weighted by molar-refractivity contribution is 5.98. The molecular formula is C16H22N6O. The van der Waals surface area contributed by atoms with Gasteiger partial charge in [-0.05, 0) is 44.0 Å². The molecule has 1 aromatic carbocycles. The fraction of sp³-hybridized carbons (Fsp3) is 0.312. The number of carbonyl (C=O) groups is 1. The summed E-state index contributed by atoms with van der Waals surface area (Å²) < 4.78 is 0. The first kappa shape index (κ1) is 16.7. The maximum atomic E-state index is 11.6. The Hall–Kier alpha value is -2.67. The van der Waals surface area contributed by atoms with Gasteiger partial charge < -0.3 is 22.1 Å². The Morgan fingerprint density at radius 1 is 1.26 bits per heavy atom. The Bertz CT molecular complexity index is 695. The summed E-state index contributed by atoms with van der Waals surface area (Å²) in [6.45, 7) is 6.37. The van der Waals surface area contributed by atoms with Crippen LogP contribution in [0.5, 0.6) is 0 Å². The number of carbonyl (C=O) groups excluding carboxylic acids is 1. The standard InChI is InChI=1S/C16H22N6O/c1-9-4-10(2)6-12(5-9)21-15-13(14(18)23)8-19-16(22-15)20-11(3)7-17/h4-6,8,11H,7,17H2,1-3H3,(H2,18,23)(H2,19,20,21,22)/t11-/m1/s1. The van der Waals surface area contributed by atoms with E-state index in [2.05, 4.69) is 26.7 Å². The van der Waals surface area contributed by atoms with Crippen LogP contribution in [-0.4, -0.2) is 28.5 Å². The molecule has 0 bridgehead atoms. The molecule has 7 heteroatoms. The molecular weight excluding hydrogens is 292 g/mol. The molecule has 0 fully saturated rings. The van der Waals surface area contributed by atoms with Crippen molar-refractivity contribution in [3.63, 3.8) is 0 Å². The number of hydrogen-bond donors (Lipinski definition) is 4. The Labute approximate surface area is 135 Å². The van der Waals surface area contributed by atoms with E-state index >= 15 is 0 Å². The molecule has 2 aromatic rings. The minimum absolute atomic E-state index is 0.0171. The second-order valence-corrected chi connectivity index (χ2v) is 5.60. The molecule has 23 heavy (non-hydrogen) atoms. The van der Waals surface area contributed by atoms with Gasteiger partial charge >= 0.3 is 0 Å². The highest BCUT2D eigenvalue weighted by atomic mass is 16.1. The summed E-state index contributed by atoms with van der Waals surface area (Å²) in [5.41, 5.74) is 14.3. The van der Waals surface area contributed by atoms with Gasteiger partial charge in [-0.3, -0.25) is 4.79 Å². The van der Waals surface area contributed by atoms with Crippen LogP contribution in [0.25, 0.3) is 0 Å². The summed E-state index contributed by atoms with van der Waals surface area (Å²) in [5, 5.41) is 6.21. The van der Waals surface area contributed by atoms with Gasteiger partial charge in [0, 0.05) is 24.5 Å². The van der Waals surface area contributed by atoms with Gasteiger partial charge in [-0.15, -0.1) is 0 Å². The van der Waals surface area contributed by atoms with Crippen LogP contribution in [0.4, 0.5) is 17.5 Å². The number of nitrogens with one attached hydrogen (secondary N) is 2. The van der Waals surface area contributed by atoms with Crippen molar-refractivity contribution >= 4 is 23.4 Å². The van der Waals surface area contributed by atoms with E-state index in [0.717, 1.165) is 16.8 Å². The molecule has 0 saturated heterocycles. The van der Waals surface area contributed by atoms with E-state index in [1.165, 1.54) is 6.20 Å². The Balaban J connectivity index is 2.37. The summed E-state index contributed by atoms with van der Waals surface area (Å²) in [4.78, 5) is 20.1. The molecule has 0 aliphatic rings. The number of aryl methyl sites for hydroxylation is 2. The monoisotopic (exact) mass is 314 g/mol. The zero-order chi connectivity index (χ0) is 17.0. The van der Waals surface area contributed by atoms with Crippen LogP contribution in [0.3, 0.4) is 0 Å². The van der Waals surface area contributed by atoms with Crippen LogP contribution in [-0.2, 0) is 0 Å². The minimum Gasteiger partial charge on any atom is -0.365 e. The summed E-state index contributed by atoms with van der Waals surface area (Å²) in [7, 11) is 0. The maximum absolute atomic E-state index is 11.6. The lowest BCUT2D eigenvalue weighted by molar-refractivity contribution is 0.100. The number of anilines is 3. The van der Waals surface area contributed by atoms with Crippen molar-refractivity contribution in [1.82, 2.24) is 9.97 Å². The summed E-state index contributed by atoms with van der Waals surface area (Å²) >= 11 is 0. The van der Waals surface area contributed by atoms with Crippen LogP contribution in [0, 0.1) is 13.8 Å². The Kier molecular flexibility index (Phi) is 5.13. The molecule has 6 N–H and O–H groups in total. The normalized spacial score (nSPS) is 11.8. The molecule has 1 aromatic heterocycles. The zero-order valence-electron chi connectivity index (χ0n) is 13.6. The number of nitrogens with zero attached hydrogens (tertiary/aromatic N) is 2. The predicted octanol–water partition coefficient (Wildman–Crippen LogP) is 1.70. The second-order valence-electron chi connectivity index (χ2n) is 5.60. The van der Waals surface area contributed by atoms with Gasteiger partial charge in [-0.25, -0.2) is 4.98 Å². The van der Waals surface area contributed by atoms with Crippen LogP contribution in [0.2, 0.25) is 0 Å². The first-order valence-corrected chi connectivity index (χ1v) is 7.38. The zero-order valence-corrected chi connectivity index (χ0v) is 13.6. The van der Waals surface area contributed by atoms with Crippen molar-refractivity contribution in [2.75, 3.05) is 17.2 Å². The number of rotatable bonds is 6. The van der Waals surface area contributed by atoms with E-state index in [4.69, 9.17) is 11.5 Å². The van der Waals surface area contributed by atoms with Gasteiger partial charge in [0.25, 0.3) is 5.91 Å². The van der Waals surface area contributed by atoms with E-state index in [1.807, 2.05) is 32.9 Å². The molecule has 1 amide bonds. The van der Waals surface area contributed by atoms with Crippen LogP contribution >= 0.6 is 0 Å². The van der Waals surface area contributed by atoms with Crippen molar-refractivity contribution in [3.8, 4) is 0 Å². The smallest absolute Gasteiger partial charge is 0.254 e. The number of nitrogens with two attached hydrogens (primary N) is 2. The highest BCUT2D eigenvalue weighted by Crippen LogP contribution is 2.22. The fourth-order valence-electron chi connectivity index (χ4n) is 2.19. The average Bonchev–Trinajstić information content (AvgIpc) is 2.45. The Morgan fingerprint density at radius 2 is 1.91 bits per heavy atom. The van der Waals surface area contributed by atoms with E-state index in [9.17, 15) is 4.79 Å². The van der Waals surface area contributed by atoms with Gasteiger partial charge in [0.05, 0.1) is 0 Å². The number of amides is 1. The number of aromatic nitrogens is 2. The van der Waals surface area contributed by atoms with E-state index in [1.54, 1.807) is 0 Å². The van der Waals surface area contributed by atoms with E-state index in [0.29, 0.717) is 18.3 Å². The number of benzene rings is 1. The van der Waals surface area contributed by atoms with Gasteiger partial charge in [-0.1, -0.05) is 6.07 Å². The third-order valence-electron chi connectivity index (χ3n) is 3.27. The van der Waals surface area contributed by atoms with Crippen molar-refractivity contribution in [3.05, 3.63) is 41.1 Å². The van der Waals surface area contributed by atoms with Crippen LogP contribution in [0.15, 0.2) is 24.4 Å². The maximum Gasteiger partial charge on any atom is 0.254 e. The third-order valence-corrected chi connectivity index (χ3v) is 3.27. The summed E-state index contributed by atoms with van der Waals surface area (Å²) in [6.07, 6.45) is 1.41. The van der Waals surface area contributed by atoms with Gasteiger partial charge in [-0.2, -0.15) is 4.98 Å². The third kappa shape index (κ3) is 4.40. The van der Waals surface area contributed by atoms with Crippen LogP contribution < -0.4 is 22.1 Å². The molecule has 1 heterocycles. The lowest BCUT2D eigenvalue weighted by atomic mass is 10.1. The number of hydrogen-bond acceptors (Lipinski definition) is 6. The molecule has 122 valence electrons. The quantitative estimate of drug-likeness (QED) is 0.644. The van der Waals surface area contributed by atoms with E-state index in [-0.39, 0.29) is 11.6 Å². The van der Waals surface area contributed by atoms with E-state index < -0.39 is 5.91 Å². The average molecular weight is 314 g/mol. The van der Waals surface area contributed by atoms with Crippen molar-refractivity contribution in [2.45, 2.75) is 26.8 Å². The summed E-state index contributed by atoms with van der Waals surface area (Å²) in [6, 6.07) is 6.02. The molecule has 0 saturated carbocycles. The molecule has 0 unspecified atom stereocenters. The minimum atomic E-state index is -0.588. The molecule has 0 aliphatic heterocycles. The first-order chi connectivity index (χ1) is 10.9. The van der Waals surface area contributed by atoms with Gasteiger partial charge in [0.2, 0.25) is 5.95 Å². The van der Waals surface area contributed by atoms with Crippen LogP contribution in [0.1, 0.15) is 28.4 Å². The molecule has 2 rings (SSSR count). The molecule has 7 nitrogen and oxygen atoms in total. The lowest BCUT2D eigenvalue weighted by Gasteiger charge is -2.14.